The number of guanidine groups is 1. The minimum absolute atomic E-state index is 0.386. The van der Waals surface area contributed by atoms with Crippen molar-refractivity contribution in [1.29, 1.82) is 0 Å². The van der Waals surface area contributed by atoms with Gasteiger partial charge in [-0.2, -0.15) is 0 Å². The van der Waals surface area contributed by atoms with Gasteiger partial charge >= 0.3 is 0 Å². The number of nitrogens with one attached hydrogen (secondary N) is 2. The molecule has 0 bridgehead atoms. The fourth-order valence-electron chi connectivity index (χ4n) is 1.93. The van der Waals surface area contributed by atoms with Crippen molar-refractivity contribution in [2.24, 2.45) is 4.99 Å². The molecule has 0 radical (unpaired) electrons. The zero-order valence-corrected chi connectivity index (χ0v) is 11.6. The molecule has 0 amide bonds. The molecule has 0 atom stereocenters. The summed E-state index contributed by atoms with van der Waals surface area (Å²) >= 11 is 0. The molecule has 0 aliphatic rings. The fourth-order valence-corrected chi connectivity index (χ4v) is 1.93. The van der Waals surface area contributed by atoms with Gasteiger partial charge in [-0.25, -0.2) is 8.78 Å². The van der Waals surface area contributed by atoms with E-state index in [1.54, 1.807) is 7.05 Å². The second-order valence-electron chi connectivity index (χ2n) is 4.52. The first-order valence-corrected chi connectivity index (χ1v) is 6.31. The molecular formula is C14H21F2N3. The van der Waals surface area contributed by atoms with E-state index in [9.17, 15) is 8.78 Å². The number of rotatable bonds is 5. The molecule has 2 N–H and O–H groups in total. The number of aryl methyl sites for hydroxylation is 2. The SMILES string of the molecule is CN=C(NCCc1cc(C)cc(C)c1)NCC(F)F. The Morgan fingerprint density at radius 3 is 2.32 bits per heavy atom. The third-order valence-electron chi connectivity index (χ3n) is 2.64. The van der Waals surface area contributed by atoms with Crippen molar-refractivity contribution in [3.05, 3.63) is 34.9 Å². The lowest BCUT2D eigenvalue weighted by Crippen LogP contribution is -2.40. The Labute approximate surface area is 113 Å². The van der Waals surface area contributed by atoms with Gasteiger partial charge in [0, 0.05) is 13.6 Å². The summed E-state index contributed by atoms with van der Waals surface area (Å²) < 4.78 is 24.1. The van der Waals surface area contributed by atoms with E-state index < -0.39 is 6.43 Å². The van der Waals surface area contributed by atoms with Crippen molar-refractivity contribution in [1.82, 2.24) is 10.6 Å². The zero-order chi connectivity index (χ0) is 14.3. The molecule has 0 unspecified atom stereocenters. The summed E-state index contributed by atoms with van der Waals surface area (Å²) in [5.41, 5.74) is 3.69. The first-order valence-electron chi connectivity index (χ1n) is 6.31. The van der Waals surface area contributed by atoms with Gasteiger partial charge in [0.15, 0.2) is 5.96 Å². The topological polar surface area (TPSA) is 36.4 Å². The highest BCUT2D eigenvalue weighted by Gasteiger charge is 2.04. The first-order chi connectivity index (χ1) is 9.01. The largest absolute Gasteiger partial charge is 0.356 e. The summed E-state index contributed by atoms with van der Waals surface area (Å²) in [4.78, 5) is 3.89. The second-order valence-corrected chi connectivity index (χ2v) is 4.52. The molecule has 1 aromatic rings. The summed E-state index contributed by atoms with van der Waals surface area (Å²) in [7, 11) is 1.57. The van der Waals surface area contributed by atoms with Crippen molar-refractivity contribution in [2.45, 2.75) is 26.7 Å². The maximum absolute atomic E-state index is 12.1. The Bertz CT molecular complexity index is 410. The smallest absolute Gasteiger partial charge is 0.255 e. The van der Waals surface area contributed by atoms with Gasteiger partial charge in [-0.15, -0.1) is 0 Å². The average molecular weight is 269 g/mol. The third kappa shape index (κ3) is 6.18. The van der Waals surface area contributed by atoms with Crippen LogP contribution in [-0.4, -0.2) is 32.5 Å². The molecule has 1 rings (SSSR count). The maximum atomic E-state index is 12.1. The molecule has 0 fully saturated rings. The number of alkyl halides is 2. The van der Waals surface area contributed by atoms with Crippen LogP contribution in [-0.2, 0) is 6.42 Å². The quantitative estimate of drug-likeness (QED) is 0.635. The first kappa shape index (κ1) is 15.4. The number of nitrogens with zero attached hydrogens (tertiary/aromatic N) is 1. The van der Waals surface area contributed by atoms with Crippen molar-refractivity contribution in [3.63, 3.8) is 0 Å². The minimum atomic E-state index is -2.38. The van der Waals surface area contributed by atoms with E-state index in [0.29, 0.717) is 12.5 Å². The lowest BCUT2D eigenvalue weighted by atomic mass is 10.1. The Morgan fingerprint density at radius 1 is 1.16 bits per heavy atom. The minimum Gasteiger partial charge on any atom is -0.356 e. The zero-order valence-electron chi connectivity index (χ0n) is 11.6. The molecule has 3 nitrogen and oxygen atoms in total. The monoisotopic (exact) mass is 269 g/mol. The van der Waals surface area contributed by atoms with Crippen molar-refractivity contribution >= 4 is 5.96 Å². The molecule has 0 saturated carbocycles. The fraction of sp³-hybridized carbons (Fsp3) is 0.500. The van der Waals surface area contributed by atoms with Gasteiger partial charge in [0.05, 0.1) is 6.54 Å². The summed E-state index contributed by atoms with van der Waals surface area (Å²) in [6.45, 7) is 4.40. The van der Waals surface area contributed by atoms with Crippen molar-refractivity contribution < 1.29 is 8.78 Å². The van der Waals surface area contributed by atoms with Crippen molar-refractivity contribution in [3.8, 4) is 0 Å². The second kappa shape index (κ2) is 7.71. The van der Waals surface area contributed by atoms with Gasteiger partial charge < -0.3 is 10.6 Å². The molecule has 0 saturated heterocycles. The number of hydrogen-bond acceptors (Lipinski definition) is 1. The highest BCUT2D eigenvalue weighted by atomic mass is 19.3. The molecule has 0 heterocycles. The van der Waals surface area contributed by atoms with Gasteiger partial charge in [0.2, 0.25) is 0 Å². The van der Waals surface area contributed by atoms with Crippen LogP contribution in [0.5, 0.6) is 0 Å². The van der Waals surface area contributed by atoms with E-state index in [-0.39, 0.29) is 6.54 Å². The van der Waals surface area contributed by atoms with Crippen LogP contribution in [0.4, 0.5) is 8.78 Å². The normalized spacial score (nSPS) is 11.8. The average Bonchev–Trinajstić information content (AvgIpc) is 2.32. The van der Waals surface area contributed by atoms with Gasteiger partial charge in [0.25, 0.3) is 6.43 Å². The van der Waals surface area contributed by atoms with Crippen LogP contribution in [0.1, 0.15) is 16.7 Å². The molecule has 1 aromatic carbocycles. The molecule has 19 heavy (non-hydrogen) atoms. The van der Waals surface area contributed by atoms with Crippen LogP contribution in [0.2, 0.25) is 0 Å². The van der Waals surface area contributed by atoms with E-state index in [4.69, 9.17) is 0 Å². The van der Waals surface area contributed by atoms with Gasteiger partial charge in [-0.05, 0) is 25.8 Å². The van der Waals surface area contributed by atoms with Crippen LogP contribution < -0.4 is 10.6 Å². The van der Waals surface area contributed by atoms with Crippen LogP contribution in [0.15, 0.2) is 23.2 Å². The van der Waals surface area contributed by atoms with Crippen LogP contribution in [0, 0.1) is 13.8 Å². The number of halogens is 2. The molecule has 0 aliphatic heterocycles. The summed E-state index contributed by atoms with van der Waals surface area (Å²) in [5, 5.41) is 5.58. The van der Waals surface area contributed by atoms with Crippen molar-refractivity contribution in [2.75, 3.05) is 20.1 Å². The van der Waals surface area contributed by atoms with Crippen LogP contribution >= 0.6 is 0 Å². The number of hydrogen-bond donors (Lipinski definition) is 2. The lowest BCUT2D eigenvalue weighted by molar-refractivity contribution is 0.152. The van der Waals surface area contributed by atoms with Gasteiger partial charge in [-0.1, -0.05) is 29.3 Å². The van der Waals surface area contributed by atoms with Gasteiger partial charge in [0.1, 0.15) is 0 Å². The standard InChI is InChI=1S/C14H21F2N3/c1-10-6-11(2)8-12(7-10)4-5-18-14(17-3)19-9-13(15)16/h6-8,13H,4-5,9H2,1-3H3,(H2,17,18,19). The van der Waals surface area contributed by atoms with E-state index in [0.717, 1.165) is 6.42 Å². The number of aliphatic imine (C=N–C) groups is 1. The van der Waals surface area contributed by atoms with E-state index in [1.807, 2.05) is 0 Å². The Hall–Kier alpha value is -1.65. The summed E-state index contributed by atoms with van der Waals surface area (Å²) in [5.74, 6) is 0.407. The Morgan fingerprint density at radius 2 is 1.79 bits per heavy atom. The lowest BCUT2D eigenvalue weighted by Gasteiger charge is -2.12. The predicted molar refractivity (Wildman–Crippen MR) is 75.0 cm³/mol. The Kier molecular flexibility index (Phi) is 6.25. The molecule has 0 aliphatic carbocycles. The highest BCUT2D eigenvalue weighted by Crippen LogP contribution is 2.08. The highest BCUT2D eigenvalue weighted by molar-refractivity contribution is 5.79. The van der Waals surface area contributed by atoms with E-state index in [2.05, 4.69) is 47.7 Å². The molecule has 0 aromatic heterocycles. The molecule has 5 heteroatoms. The molecule has 0 spiro atoms. The molecule has 106 valence electrons. The third-order valence-corrected chi connectivity index (χ3v) is 2.64. The predicted octanol–water partition coefficient (Wildman–Crippen LogP) is 2.28. The van der Waals surface area contributed by atoms with E-state index >= 15 is 0 Å². The summed E-state index contributed by atoms with van der Waals surface area (Å²) in [6.07, 6.45) is -1.55. The summed E-state index contributed by atoms with van der Waals surface area (Å²) in [6, 6.07) is 6.38. The van der Waals surface area contributed by atoms with E-state index in [1.165, 1.54) is 16.7 Å². The van der Waals surface area contributed by atoms with Crippen LogP contribution in [0.3, 0.4) is 0 Å². The number of benzene rings is 1. The molecular weight excluding hydrogens is 248 g/mol. The van der Waals surface area contributed by atoms with Gasteiger partial charge in [-0.3, -0.25) is 4.99 Å². The Balaban J connectivity index is 2.40. The maximum Gasteiger partial charge on any atom is 0.255 e. The van der Waals surface area contributed by atoms with Crippen LogP contribution in [0.25, 0.3) is 0 Å².